The lowest BCUT2D eigenvalue weighted by Gasteiger charge is -2.07. The van der Waals surface area contributed by atoms with Crippen LogP contribution in [0.4, 0.5) is 11.5 Å². The second-order valence-electron chi connectivity index (χ2n) is 3.43. The first kappa shape index (κ1) is 11.0. The highest BCUT2D eigenvalue weighted by molar-refractivity contribution is 6.05. The van der Waals surface area contributed by atoms with Crippen molar-refractivity contribution in [2.24, 2.45) is 0 Å². The van der Waals surface area contributed by atoms with Crippen molar-refractivity contribution in [3.63, 3.8) is 0 Å². The molecule has 0 bridgehead atoms. The van der Waals surface area contributed by atoms with Crippen molar-refractivity contribution in [3.8, 4) is 0 Å². The van der Waals surface area contributed by atoms with E-state index >= 15 is 0 Å². The normalized spacial score (nSPS) is 9.94. The molecule has 0 saturated heterocycles. The Morgan fingerprint density at radius 1 is 1.29 bits per heavy atom. The Kier molecular flexibility index (Phi) is 2.95. The standard InChI is InChI=1S/C11H11N5O/c1-7-6-13-3-2-8(7)16-11(17)9-10(12)15-5-4-14-9/h2-6H,1H3,(H2,12,15)(H,13,16,17). The number of carbonyl (C=O) groups is 1. The van der Waals surface area contributed by atoms with Gasteiger partial charge in [0, 0.05) is 30.5 Å². The van der Waals surface area contributed by atoms with E-state index < -0.39 is 0 Å². The van der Waals surface area contributed by atoms with Crippen LogP contribution in [0.25, 0.3) is 0 Å². The first-order valence-electron chi connectivity index (χ1n) is 4.97. The van der Waals surface area contributed by atoms with Gasteiger partial charge in [-0.15, -0.1) is 0 Å². The fourth-order valence-corrected chi connectivity index (χ4v) is 1.32. The van der Waals surface area contributed by atoms with Crippen LogP contribution in [-0.4, -0.2) is 20.9 Å². The van der Waals surface area contributed by atoms with Crippen molar-refractivity contribution in [3.05, 3.63) is 42.1 Å². The number of amides is 1. The molecule has 0 spiro atoms. The molecular formula is C11H11N5O. The maximum absolute atomic E-state index is 11.9. The van der Waals surface area contributed by atoms with E-state index in [0.717, 1.165) is 5.56 Å². The molecular weight excluding hydrogens is 218 g/mol. The van der Waals surface area contributed by atoms with Gasteiger partial charge in [-0.25, -0.2) is 9.97 Å². The summed E-state index contributed by atoms with van der Waals surface area (Å²) >= 11 is 0. The molecule has 1 amide bonds. The van der Waals surface area contributed by atoms with Crippen LogP contribution in [0.1, 0.15) is 16.1 Å². The zero-order valence-corrected chi connectivity index (χ0v) is 9.21. The number of nitrogens with two attached hydrogens (primary N) is 1. The summed E-state index contributed by atoms with van der Waals surface area (Å²) in [7, 11) is 0. The third kappa shape index (κ3) is 2.36. The molecule has 86 valence electrons. The van der Waals surface area contributed by atoms with E-state index in [2.05, 4.69) is 20.3 Å². The Labute approximate surface area is 97.9 Å². The lowest BCUT2D eigenvalue weighted by atomic mass is 10.2. The molecule has 0 unspecified atom stereocenters. The van der Waals surface area contributed by atoms with Gasteiger partial charge in [0.25, 0.3) is 5.91 Å². The fraction of sp³-hybridized carbons (Fsp3) is 0.0909. The van der Waals surface area contributed by atoms with Crippen molar-refractivity contribution < 1.29 is 4.79 Å². The van der Waals surface area contributed by atoms with Gasteiger partial charge in [-0.1, -0.05) is 0 Å². The molecule has 0 aliphatic carbocycles. The highest BCUT2D eigenvalue weighted by atomic mass is 16.1. The molecule has 0 aromatic carbocycles. The number of hydrogen-bond acceptors (Lipinski definition) is 5. The van der Waals surface area contributed by atoms with Gasteiger partial charge >= 0.3 is 0 Å². The summed E-state index contributed by atoms with van der Waals surface area (Å²) in [6.45, 7) is 1.85. The number of nitrogens with zero attached hydrogens (tertiary/aromatic N) is 3. The van der Waals surface area contributed by atoms with E-state index in [1.807, 2.05) is 6.92 Å². The molecule has 6 nitrogen and oxygen atoms in total. The summed E-state index contributed by atoms with van der Waals surface area (Å²) < 4.78 is 0. The van der Waals surface area contributed by atoms with Crippen LogP contribution in [0.5, 0.6) is 0 Å². The zero-order valence-electron chi connectivity index (χ0n) is 9.21. The van der Waals surface area contributed by atoms with Crippen LogP contribution < -0.4 is 11.1 Å². The minimum Gasteiger partial charge on any atom is -0.382 e. The number of pyridine rings is 1. The molecule has 2 heterocycles. The van der Waals surface area contributed by atoms with E-state index in [0.29, 0.717) is 5.69 Å². The van der Waals surface area contributed by atoms with E-state index in [-0.39, 0.29) is 17.4 Å². The first-order valence-corrected chi connectivity index (χ1v) is 4.97. The number of aryl methyl sites for hydroxylation is 1. The quantitative estimate of drug-likeness (QED) is 0.801. The second-order valence-corrected chi connectivity index (χ2v) is 3.43. The summed E-state index contributed by atoms with van der Waals surface area (Å²) in [5, 5.41) is 2.71. The zero-order chi connectivity index (χ0) is 12.3. The van der Waals surface area contributed by atoms with Crippen LogP contribution >= 0.6 is 0 Å². The fourth-order valence-electron chi connectivity index (χ4n) is 1.32. The third-order valence-corrected chi connectivity index (χ3v) is 2.21. The van der Waals surface area contributed by atoms with Gasteiger partial charge in [0.1, 0.15) is 0 Å². The predicted molar refractivity (Wildman–Crippen MR) is 63.4 cm³/mol. The number of rotatable bonds is 2. The molecule has 0 saturated carbocycles. The van der Waals surface area contributed by atoms with Gasteiger partial charge in [0.2, 0.25) is 0 Å². The molecule has 0 aliphatic rings. The van der Waals surface area contributed by atoms with Gasteiger partial charge in [-0.3, -0.25) is 9.78 Å². The highest BCUT2D eigenvalue weighted by Crippen LogP contribution is 2.13. The number of nitrogen functional groups attached to an aromatic ring is 1. The summed E-state index contributed by atoms with van der Waals surface area (Å²) in [6.07, 6.45) is 6.12. The number of nitrogens with one attached hydrogen (secondary N) is 1. The Hall–Kier alpha value is -2.50. The largest absolute Gasteiger partial charge is 0.382 e. The highest BCUT2D eigenvalue weighted by Gasteiger charge is 2.12. The molecule has 3 N–H and O–H groups in total. The Morgan fingerprint density at radius 3 is 2.76 bits per heavy atom. The lowest BCUT2D eigenvalue weighted by Crippen LogP contribution is -2.17. The van der Waals surface area contributed by atoms with Crippen molar-refractivity contribution in [1.29, 1.82) is 0 Å². The SMILES string of the molecule is Cc1cnccc1NC(=O)c1nccnc1N. The van der Waals surface area contributed by atoms with Gasteiger partial charge in [-0.2, -0.15) is 0 Å². The molecule has 0 radical (unpaired) electrons. The second kappa shape index (κ2) is 4.56. The van der Waals surface area contributed by atoms with Crippen LogP contribution in [0, 0.1) is 6.92 Å². The average Bonchev–Trinajstić information content (AvgIpc) is 2.32. The molecule has 0 fully saturated rings. The molecule has 0 atom stereocenters. The van der Waals surface area contributed by atoms with Crippen LogP contribution in [0.2, 0.25) is 0 Å². The topological polar surface area (TPSA) is 93.8 Å². The minimum absolute atomic E-state index is 0.108. The molecule has 6 heteroatoms. The Morgan fingerprint density at radius 2 is 2.06 bits per heavy atom. The number of aromatic nitrogens is 3. The van der Waals surface area contributed by atoms with Crippen LogP contribution in [-0.2, 0) is 0 Å². The Balaban J connectivity index is 2.24. The van der Waals surface area contributed by atoms with Gasteiger partial charge in [0.15, 0.2) is 11.5 Å². The van der Waals surface area contributed by atoms with E-state index in [4.69, 9.17) is 5.73 Å². The Bertz CT molecular complexity index is 555. The van der Waals surface area contributed by atoms with Gasteiger partial charge in [-0.05, 0) is 18.6 Å². The van der Waals surface area contributed by atoms with Crippen LogP contribution in [0.3, 0.4) is 0 Å². The lowest BCUT2D eigenvalue weighted by molar-refractivity contribution is 0.102. The van der Waals surface area contributed by atoms with Crippen molar-refractivity contribution in [2.75, 3.05) is 11.1 Å². The van der Waals surface area contributed by atoms with Crippen LogP contribution in [0.15, 0.2) is 30.9 Å². The smallest absolute Gasteiger partial charge is 0.278 e. The predicted octanol–water partition coefficient (Wildman–Crippen LogP) is 1.01. The number of hydrogen-bond donors (Lipinski definition) is 2. The molecule has 17 heavy (non-hydrogen) atoms. The maximum atomic E-state index is 11.9. The van der Waals surface area contributed by atoms with Gasteiger partial charge < -0.3 is 11.1 Å². The average molecular weight is 229 g/mol. The molecule has 2 rings (SSSR count). The molecule has 0 aliphatic heterocycles. The minimum atomic E-state index is -0.384. The van der Waals surface area contributed by atoms with E-state index in [1.165, 1.54) is 12.4 Å². The van der Waals surface area contributed by atoms with Gasteiger partial charge in [0.05, 0.1) is 0 Å². The monoisotopic (exact) mass is 229 g/mol. The van der Waals surface area contributed by atoms with Crippen molar-refractivity contribution in [1.82, 2.24) is 15.0 Å². The molecule has 2 aromatic heterocycles. The first-order chi connectivity index (χ1) is 8.18. The van der Waals surface area contributed by atoms with Crippen molar-refractivity contribution >= 4 is 17.4 Å². The maximum Gasteiger partial charge on any atom is 0.278 e. The number of carbonyl (C=O) groups excluding carboxylic acids is 1. The third-order valence-electron chi connectivity index (χ3n) is 2.21. The van der Waals surface area contributed by atoms with E-state index in [1.54, 1.807) is 18.5 Å². The molecule has 2 aromatic rings. The summed E-state index contributed by atoms with van der Waals surface area (Å²) in [6, 6.07) is 1.71. The van der Waals surface area contributed by atoms with E-state index in [9.17, 15) is 4.79 Å². The summed E-state index contributed by atoms with van der Waals surface area (Å²) in [5.41, 5.74) is 7.22. The summed E-state index contributed by atoms with van der Waals surface area (Å²) in [4.78, 5) is 23.5. The number of anilines is 2. The summed E-state index contributed by atoms with van der Waals surface area (Å²) in [5.74, 6) is -0.276. The van der Waals surface area contributed by atoms with Crippen molar-refractivity contribution in [2.45, 2.75) is 6.92 Å².